The molecule has 140 valence electrons. The molecule has 0 spiro atoms. The second kappa shape index (κ2) is 7.96. The first-order chi connectivity index (χ1) is 12.8. The Balaban J connectivity index is 1.42. The Kier molecular flexibility index (Phi) is 5.44. The summed E-state index contributed by atoms with van der Waals surface area (Å²) < 4.78 is 6.08. The van der Waals surface area contributed by atoms with Gasteiger partial charge in [0.05, 0.1) is 5.92 Å². The molecule has 1 aliphatic carbocycles. The quantitative estimate of drug-likeness (QED) is 0.711. The summed E-state index contributed by atoms with van der Waals surface area (Å²) in [5.41, 5.74) is 2.35. The maximum Gasteiger partial charge on any atom is 0.313 e. The van der Waals surface area contributed by atoms with Gasteiger partial charge in [0.2, 0.25) is 0 Å². The molecule has 3 aliphatic rings. The Morgan fingerprint density at radius 3 is 2.54 bits per heavy atom. The third kappa shape index (κ3) is 3.59. The molecule has 3 heteroatoms. The van der Waals surface area contributed by atoms with Gasteiger partial charge in [-0.3, -0.25) is 9.69 Å². The summed E-state index contributed by atoms with van der Waals surface area (Å²) in [5, 5.41) is 0. The minimum absolute atomic E-state index is 0.00754. The molecule has 1 aromatic carbocycles. The van der Waals surface area contributed by atoms with Crippen LogP contribution in [0.25, 0.3) is 5.57 Å². The number of fused-ring (bicyclic) bond motifs is 2. The maximum atomic E-state index is 13.0. The molecule has 3 atom stereocenters. The Morgan fingerprint density at radius 1 is 1.12 bits per heavy atom. The summed E-state index contributed by atoms with van der Waals surface area (Å²) in [6.45, 7) is 3.45. The average molecular weight is 354 g/mol. The van der Waals surface area contributed by atoms with Crippen LogP contribution in [0.3, 0.4) is 0 Å². The van der Waals surface area contributed by atoms with Crippen molar-refractivity contribution in [3.05, 3.63) is 42.0 Å². The number of esters is 1. The number of rotatable bonds is 5. The van der Waals surface area contributed by atoms with Gasteiger partial charge in [0.1, 0.15) is 6.10 Å². The van der Waals surface area contributed by atoms with E-state index in [4.69, 9.17) is 4.74 Å². The molecule has 0 N–H and O–H groups in total. The maximum absolute atomic E-state index is 13.0. The van der Waals surface area contributed by atoms with Crippen LogP contribution in [0.5, 0.6) is 0 Å². The zero-order valence-electron chi connectivity index (χ0n) is 15.9. The summed E-state index contributed by atoms with van der Waals surface area (Å²) in [5.74, 6) is -0.0781. The van der Waals surface area contributed by atoms with Gasteiger partial charge in [0, 0.05) is 24.9 Å². The largest absolute Gasteiger partial charge is 0.462 e. The molecule has 4 rings (SSSR count). The van der Waals surface area contributed by atoms with E-state index in [1.54, 1.807) is 0 Å². The second-order valence-corrected chi connectivity index (χ2v) is 8.16. The minimum atomic E-state index is -0.0857. The Bertz CT molecular complexity index is 639. The lowest BCUT2D eigenvalue weighted by molar-refractivity contribution is -0.155. The molecule has 3 nitrogen and oxygen atoms in total. The van der Waals surface area contributed by atoms with Gasteiger partial charge in [-0.1, -0.05) is 43.3 Å². The first kappa shape index (κ1) is 17.8. The number of piperidine rings is 1. The molecule has 1 aromatic rings. The van der Waals surface area contributed by atoms with Crippen molar-refractivity contribution < 1.29 is 9.53 Å². The first-order valence-electron chi connectivity index (χ1n) is 10.5. The predicted octanol–water partition coefficient (Wildman–Crippen LogP) is 4.82. The van der Waals surface area contributed by atoms with Crippen LogP contribution < -0.4 is 0 Å². The third-order valence-corrected chi connectivity index (χ3v) is 6.43. The zero-order chi connectivity index (χ0) is 17.9. The van der Waals surface area contributed by atoms with E-state index in [9.17, 15) is 4.79 Å². The van der Waals surface area contributed by atoms with Gasteiger partial charge in [-0.25, -0.2) is 0 Å². The summed E-state index contributed by atoms with van der Waals surface area (Å²) in [7, 11) is 0. The zero-order valence-corrected chi connectivity index (χ0v) is 15.9. The molecule has 2 aliphatic heterocycles. The molecule has 2 bridgehead atoms. The van der Waals surface area contributed by atoms with E-state index in [1.165, 1.54) is 36.9 Å². The predicted molar refractivity (Wildman–Crippen MR) is 105 cm³/mol. The molecule has 0 radical (unpaired) electrons. The summed E-state index contributed by atoms with van der Waals surface area (Å²) in [6.07, 6.45) is 11.2. The summed E-state index contributed by atoms with van der Waals surface area (Å²) in [6, 6.07) is 11.6. The van der Waals surface area contributed by atoms with Crippen molar-refractivity contribution in [2.45, 2.75) is 76.5 Å². The van der Waals surface area contributed by atoms with Crippen LogP contribution in [-0.4, -0.2) is 35.6 Å². The van der Waals surface area contributed by atoms with E-state index >= 15 is 0 Å². The fourth-order valence-corrected chi connectivity index (χ4v) is 5.26. The minimum Gasteiger partial charge on any atom is -0.462 e. The Labute approximate surface area is 157 Å². The molecule has 2 heterocycles. The van der Waals surface area contributed by atoms with E-state index in [1.807, 2.05) is 18.2 Å². The first-order valence-corrected chi connectivity index (χ1v) is 10.5. The standard InChI is InChI=1S/C23H31NO2/c1-2-14-24-18-12-13-19(24)16-20(15-18)26-23(25)22-11-7-6-10-21(22)17-8-4-3-5-9-17/h3-5,8-10,18-20,22H,2,6-7,11-16H2,1H3. The van der Waals surface area contributed by atoms with Gasteiger partial charge < -0.3 is 4.74 Å². The highest BCUT2D eigenvalue weighted by molar-refractivity contribution is 5.89. The molecule has 26 heavy (non-hydrogen) atoms. The fourth-order valence-electron chi connectivity index (χ4n) is 5.26. The highest BCUT2D eigenvalue weighted by atomic mass is 16.5. The SMILES string of the molecule is CCCN1C2CCC1CC(OC(=O)C1CCCC=C1c1ccccc1)C2. The Morgan fingerprint density at radius 2 is 1.85 bits per heavy atom. The fraction of sp³-hybridized carbons (Fsp3) is 0.609. The number of carbonyl (C=O) groups is 1. The summed E-state index contributed by atoms with van der Waals surface area (Å²) in [4.78, 5) is 15.7. The molecular weight excluding hydrogens is 322 g/mol. The molecule has 2 fully saturated rings. The van der Waals surface area contributed by atoms with Crippen LogP contribution in [0, 0.1) is 5.92 Å². The van der Waals surface area contributed by atoms with Gasteiger partial charge in [-0.2, -0.15) is 0 Å². The Hall–Kier alpha value is -1.61. The van der Waals surface area contributed by atoms with E-state index in [2.05, 4.69) is 30.0 Å². The van der Waals surface area contributed by atoms with Gasteiger partial charge in [-0.05, 0) is 56.2 Å². The van der Waals surface area contributed by atoms with E-state index < -0.39 is 0 Å². The molecular formula is C23H31NO2. The average Bonchev–Trinajstić information content (AvgIpc) is 2.91. The molecule has 2 saturated heterocycles. The highest BCUT2D eigenvalue weighted by Gasteiger charge is 2.42. The van der Waals surface area contributed by atoms with Crippen molar-refractivity contribution in [1.29, 1.82) is 0 Å². The van der Waals surface area contributed by atoms with Crippen molar-refractivity contribution in [1.82, 2.24) is 4.90 Å². The van der Waals surface area contributed by atoms with Crippen LogP contribution in [0.4, 0.5) is 0 Å². The lowest BCUT2D eigenvalue weighted by Crippen LogP contribution is -2.46. The van der Waals surface area contributed by atoms with Crippen LogP contribution in [0.2, 0.25) is 0 Å². The van der Waals surface area contributed by atoms with Gasteiger partial charge >= 0.3 is 5.97 Å². The van der Waals surface area contributed by atoms with E-state index in [0.29, 0.717) is 12.1 Å². The lowest BCUT2D eigenvalue weighted by Gasteiger charge is -2.39. The van der Waals surface area contributed by atoms with Gasteiger partial charge in [0.15, 0.2) is 0 Å². The number of hydrogen-bond donors (Lipinski definition) is 0. The number of carbonyl (C=O) groups excluding carboxylic acids is 1. The van der Waals surface area contributed by atoms with Gasteiger partial charge in [-0.15, -0.1) is 0 Å². The molecule has 0 saturated carbocycles. The summed E-state index contributed by atoms with van der Waals surface area (Å²) >= 11 is 0. The molecule has 0 amide bonds. The van der Waals surface area contributed by atoms with Crippen LogP contribution in [0.15, 0.2) is 36.4 Å². The van der Waals surface area contributed by atoms with Crippen LogP contribution in [-0.2, 0) is 9.53 Å². The van der Waals surface area contributed by atoms with Crippen LogP contribution in [0.1, 0.15) is 63.9 Å². The van der Waals surface area contributed by atoms with Crippen molar-refractivity contribution in [2.24, 2.45) is 5.92 Å². The monoisotopic (exact) mass is 353 g/mol. The number of allylic oxidation sites excluding steroid dienone is 1. The normalized spacial score (nSPS) is 31.5. The molecule has 0 aromatic heterocycles. The molecule has 3 unspecified atom stereocenters. The topological polar surface area (TPSA) is 29.5 Å². The van der Waals surface area contributed by atoms with E-state index in [-0.39, 0.29) is 18.0 Å². The van der Waals surface area contributed by atoms with Crippen molar-refractivity contribution >= 4 is 11.5 Å². The number of ether oxygens (including phenoxy) is 1. The third-order valence-electron chi connectivity index (χ3n) is 6.43. The van der Waals surface area contributed by atoms with Crippen molar-refractivity contribution in [3.63, 3.8) is 0 Å². The smallest absolute Gasteiger partial charge is 0.313 e. The van der Waals surface area contributed by atoms with E-state index in [0.717, 1.165) is 32.1 Å². The van der Waals surface area contributed by atoms with Crippen molar-refractivity contribution in [3.8, 4) is 0 Å². The highest BCUT2D eigenvalue weighted by Crippen LogP contribution is 2.39. The van der Waals surface area contributed by atoms with Gasteiger partial charge in [0.25, 0.3) is 0 Å². The lowest BCUT2D eigenvalue weighted by atomic mass is 9.83. The number of hydrogen-bond acceptors (Lipinski definition) is 3. The number of nitrogens with zero attached hydrogens (tertiary/aromatic N) is 1. The number of benzene rings is 1. The van der Waals surface area contributed by atoms with Crippen molar-refractivity contribution in [2.75, 3.05) is 6.54 Å². The van der Waals surface area contributed by atoms with Crippen LogP contribution >= 0.6 is 0 Å². The second-order valence-electron chi connectivity index (χ2n) is 8.16.